The van der Waals surface area contributed by atoms with E-state index in [1.54, 1.807) is 0 Å². The Kier molecular flexibility index (Phi) is 7.00. The average Bonchev–Trinajstić information content (AvgIpc) is 3.82. The average molecular weight is 780 g/mol. The third-order valence-electron chi connectivity index (χ3n) is 13.1. The van der Waals surface area contributed by atoms with E-state index < -0.39 is 0 Å². The summed E-state index contributed by atoms with van der Waals surface area (Å²) in [5.41, 5.74) is 12.5. The maximum atomic E-state index is 5.28. The van der Waals surface area contributed by atoms with Crippen LogP contribution in [-0.2, 0) is 5.41 Å². The van der Waals surface area contributed by atoms with Crippen LogP contribution >= 0.6 is 0 Å². The van der Waals surface area contributed by atoms with Crippen LogP contribution in [0.3, 0.4) is 0 Å². The molecule has 0 bridgehead atoms. The zero-order valence-electron chi connectivity index (χ0n) is 33.6. The summed E-state index contributed by atoms with van der Waals surface area (Å²) in [6, 6.07) is 67.7. The Balaban J connectivity index is 1.04. The van der Waals surface area contributed by atoms with E-state index in [9.17, 15) is 0 Å². The van der Waals surface area contributed by atoms with Gasteiger partial charge in [0.05, 0.1) is 27.8 Å². The monoisotopic (exact) mass is 779 g/mol. The van der Waals surface area contributed by atoms with Crippen LogP contribution in [0, 0.1) is 0 Å². The molecule has 12 aromatic rings. The number of aromatic nitrogens is 5. The molecule has 61 heavy (non-hydrogen) atoms. The summed E-state index contributed by atoms with van der Waals surface area (Å²) < 4.78 is 4.75. The maximum absolute atomic E-state index is 5.28. The lowest BCUT2D eigenvalue weighted by Crippen LogP contribution is -2.26. The Morgan fingerprint density at radius 3 is 1.77 bits per heavy atom. The van der Waals surface area contributed by atoms with Crippen molar-refractivity contribution in [2.75, 3.05) is 0 Å². The van der Waals surface area contributed by atoms with Crippen LogP contribution in [0.4, 0.5) is 0 Å². The zero-order chi connectivity index (χ0) is 40.4. The summed E-state index contributed by atoms with van der Waals surface area (Å²) >= 11 is 0. The molecule has 0 N–H and O–H groups in total. The van der Waals surface area contributed by atoms with Crippen molar-refractivity contribution in [3.63, 3.8) is 0 Å². The van der Waals surface area contributed by atoms with Crippen molar-refractivity contribution in [1.82, 2.24) is 24.1 Å². The smallest absolute Gasteiger partial charge is 0.238 e. The van der Waals surface area contributed by atoms with Gasteiger partial charge in [-0.05, 0) is 80.2 Å². The maximum Gasteiger partial charge on any atom is 0.238 e. The fourth-order valence-electron chi connectivity index (χ4n) is 10.2. The van der Waals surface area contributed by atoms with Gasteiger partial charge in [0.1, 0.15) is 0 Å². The quantitative estimate of drug-likeness (QED) is 0.179. The van der Waals surface area contributed by atoms with Gasteiger partial charge >= 0.3 is 0 Å². The zero-order valence-corrected chi connectivity index (χ0v) is 33.6. The highest BCUT2D eigenvalue weighted by Gasteiger charge is 2.37. The lowest BCUT2D eigenvalue weighted by Gasteiger charge is -2.36. The second-order valence-electron chi connectivity index (χ2n) is 16.9. The molecule has 5 nitrogen and oxygen atoms in total. The largest absolute Gasteiger partial charge is 0.309 e. The number of hydrogen-bond acceptors (Lipinski definition) is 3. The topological polar surface area (TPSA) is 48.5 Å². The van der Waals surface area contributed by atoms with Crippen LogP contribution in [0.25, 0.3) is 111 Å². The van der Waals surface area contributed by atoms with Gasteiger partial charge in [-0.15, -0.1) is 0 Å². The molecule has 13 rings (SSSR count). The van der Waals surface area contributed by atoms with Gasteiger partial charge in [-0.2, -0.15) is 9.97 Å². The van der Waals surface area contributed by atoms with Gasteiger partial charge in [0.25, 0.3) is 0 Å². The molecule has 0 saturated heterocycles. The van der Waals surface area contributed by atoms with Crippen LogP contribution in [-0.4, -0.2) is 24.1 Å². The lowest BCUT2D eigenvalue weighted by molar-refractivity contribution is 0.636. The van der Waals surface area contributed by atoms with Gasteiger partial charge in [-0.3, -0.25) is 4.57 Å². The standard InChI is InChI=1S/C56H37N5/c1-56(2)46-29-27-38(33-50(46)60-47-22-12-11-21-43(47)45-31-39-18-8-9-19-41(39)51(56)52(45)60)37-26-28-44-42-20-10-13-23-48(42)61(49(44)32-37)55-58-53(35-15-4-3-5-16-35)57-54(59-55)40-25-24-34-14-6-7-17-36(34)30-40/h3-33H,1-2H3. The molecule has 4 heterocycles. The van der Waals surface area contributed by atoms with Gasteiger partial charge in [-0.1, -0.05) is 166 Å². The summed E-state index contributed by atoms with van der Waals surface area (Å²) in [5.74, 6) is 1.84. The van der Waals surface area contributed by atoms with E-state index in [0.717, 1.165) is 49.4 Å². The summed E-state index contributed by atoms with van der Waals surface area (Å²) in [6.07, 6.45) is 0. The van der Waals surface area contributed by atoms with E-state index in [4.69, 9.17) is 15.0 Å². The highest BCUT2D eigenvalue weighted by molar-refractivity contribution is 6.17. The number of hydrogen-bond donors (Lipinski definition) is 0. The molecule has 1 aliphatic heterocycles. The predicted octanol–water partition coefficient (Wildman–Crippen LogP) is 14.0. The van der Waals surface area contributed by atoms with Gasteiger partial charge in [0.15, 0.2) is 11.6 Å². The Morgan fingerprint density at radius 2 is 0.967 bits per heavy atom. The number of para-hydroxylation sites is 2. The Hall–Kier alpha value is -7.89. The molecule has 0 spiro atoms. The first-order valence-electron chi connectivity index (χ1n) is 20.9. The minimum atomic E-state index is -0.231. The van der Waals surface area contributed by atoms with E-state index >= 15 is 0 Å². The Labute approximate surface area is 351 Å². The molecule has 0 saturated carbocycles. The van der Waals surface area contributed by atoms with Gasteiger partial charge in [0.2, 0.25) is 5.95 Å². The minimum absolute atomic E-state index is 0.231. The molecule has 0 radical (unpaired) electrons. The fourth-order valence-corrected chi connectivity index (χ4v) is 10.2. The fraction of sp³-hybridized carbons (Fsp3) is 0.0536. The summed E-state index contributed by atoms with van der Waals surface area (Å²) in [7, 11) is 0. The number of fused-ring (bicyclic) bond motifs is 11. The van der Waals surface area contributed by atoms with Gasteiger partial charge < -0.3 is 4.57 Å². The van der Waals surface area contributed by atoms with Crippen molar-refractivity contribution in [2.45, 2.75) is 19.3 Å². The molecule has 1 aliphatic rings. The lowest BCUT2D eigenvalue weighted by atomic mass is 9.72. The van der Waals surface area contributed by atoms with Crippen LogP contribution in [0.5, 0.6) is 0 Å². The number of rotatable bonds is 4. The van der Waals surface area contributed by atoms with Crippen molar-refractivity contribution >= 4 is 65.2 Å². The molecular formula is C56H37N5. The molecule has 0 atom stereocenters. The predicted molar refractivity (Wildman–Crippen MR) is 252 cm³/mol. The second-order valence-corrected chi connectivity index (χ2v) is 16.9. The van der Waals surface area contributed by atoms with E-state index in [2.05, 4.69) is 193 Å². The van der Waals surface area contributed by atoms with Gasteiger partial charge in [0, 0.05) is 38.1 Å². The third-order valence-corrected chi connectivity index (χ3v) is 13.1. The summed E-state index contributed by atoms with van der Waals surface area (Å²) in [5, 5.41) is 9.79. The van der Waals surface area contributed by atoms with Crippen molar-refractivity contribution in [2.24, 2.45) is 0 Å². The second kappa shape index (κ2) is 12.6. The molecular weight excluding hydrogens is 743 g/mol. The molecule has 9 aromatic carbocycles. The number of benzene rings is 9. The Bertz CT molecular complexity index is 3800. The van der Waals surface area contributed by atoms with E-state index in [-0.39, 0.29) is 5.41 Å². The molecule has 0 aliphatic carbocycles. The van der Waals surface area contributed by atoms with E-state index in [1.165, 1.54) is 54.8 Å². The van der Waals surface area contributed by atoms with Crippen LogP contribution < -0.4 is 0 Å². The Morgan fingerprint density at radius 1 is 0.377 bits per heavy atom. The van der Waals surface area contributed by atoms with Crippen LogP contribution in [0.2, 0.25) is 0 Å². The van der Waals surface area contributed by atoms with Gasteiger partial charge in [-0.25, -0.2) is 4.98 Å². The SMILES string of the molecule is CC1(C)c2ccc(-c3ccc4c5ccccc5n(-c5nc(-c6ccccc6)nc(-c6ccc7ccccc7c6)n5)c4c3)cc2-n2c3ccccc3c3cc4ccccc4c1c32. The van der Waals surface area contributed by atoms with E-state index in [1.807, 2.05) is 18.2 Å². The highest BCUT2D eigenvalue weighted by atomic mass is 15.2. The summed E-state index contributed by atoms with van der Waals surface area (Å²) in [6.45, 7) is 4.78. The third kappa shape index (κ3) is 4.92. The first kappa shape index (κ1) is 34.0. The van der Waals surface area contributed by atoms with Crippen molar-refractivity contribution in [3.05, 3.63) is 199 Å². The molecule has 0 amide bonds. The highest BCUT2D eigenvalue weighted by Crippen LogP contribution is 2.51. The molecule has 0 unspecified atom stereocenters. The van der Waals surface area contributed by atoms with Crippen molar-refractivity contribution < 1.29 is 0 Å². The normalized spacial score (nSPS) is 13.2. The van der Waals surface area contributed by atoms with Crippen molar-refractivity contribution in [1.29, 1.82) is 0 Å². The van der Waals surface area contributed by atoms with Crippen molar-refractivity contribution in [3.8, 4) is 45.5 Å². The number of nitrogens with zero attached hydrogens (tertiary/aromatic N) is 5. The van der Waals surface area contributed by atoms with Crippen LogP contribution in [0.15, 0.2) is 188 Å². The van der Waals surface area contributed by atoms with E-state index in [0.29, 0.717) is 17.6 Å². The molecule has 5 heteroatoms. The summed E-state index contributed by atoms with van der Waals surface area (Å²) in [4.78, 5) is 15.6. The van der Waals surface area contributed by atoms with Crippen LogP contribution in [0.1, 0.15) is 25.0 Å². The first-order valence-corrected chi connectivity index (χ1v) is 20.9. The molecule has 286 valence electrons. The molecule has 3 aromatic heterocycles. The minimum Gasteiger partial charge on any atom is -0.309 e. The first-order chi connectivity index (χ1) is 30.0. The molecule has 0 fully saturated rings.